The summed E-state index contributed by atoms with van der Waals surface area (Å²) in [6.45, 7) is 4.41. The topological polar surface area (TPSA) is 18.5 Å². The molecule has 0 heterocycles. The molecule has 0 aliphatic heterocycles. The van der Waals surface area contributed by atoms with Crippen LogP contribution in [-0.4, -0.2) is 14.2 Å². The van der Waals surface area contributed by atoms with Crippen LogP contribution in [0.4, 0.5) is 0 Å². The van der Waals surface area contributed by atoms with Gasteiger partial charge in [-0.15, -0.1) is 0 Å². The first-order valence-corrected chi connectivity index (χ1v) is 8.66. The highest BCUT2D eigenvalue weighted by atomic mass is 16.5. The van der Waals surface area contributed by atoms with E-state index in [2.05, 4.69) is 50.2 Å². The summed E-state index contributed by atoms with van der Waals surface area (Å²) in [4.78, 5) is 0. The maximum absolute atomic E-state index is 5.55. The second kappa shape index (κ2) is 7.12. The molecule has 4 bridgehead atoms. The molecule has 0 radical (unpaired) electrons. The van der Waals surface area contributed by atoms with Crippen molar-refractivity contribution in [3.8, 4) is 11.5 Å². The van der Waals surface area contributed by atoms with Crippen molar-refractivity contribution < 1.29 is 9.47 Å². The Morgan fingerprint density at radius 1 is 0.667 bits per heavy atom. The van der Waals surface area contributed by atoms with Gasteiger partial charge in [-0.1, -0.05) is 12.1 Å². The predicted octanol–water partition coefficient (Wildman–Crippen LogP) is 5.53. The van der Waals surface area contributed by atoms with Crippen LogP contribution in [-0.2, 0) is 12.8 Å². The Kier molecular flexibility index (Phi) is 4.94. The quantitative estimate of drug-likeness (QED) is 0.723. The Bertz CT molecular complexity index is 706. The average Bonchev–Trinajstić information content (AvgIpc) is 2.63. The minimum Gasteiger partial charge on any atom is -0.496 e. The van der Waals surface area contributed by atoms with Crippen LogP contribution < -0.4 is 9.47 Å². The average molecular weight is 322 g/mol. The van der Waals surface area contributed by atoms with Gasteiger partial charge in [0.25, 0.3) is 0 Å². The highest BCUT2D eigenvalue weighted by Crippen LogP contribution is 2.33. The van der Waals surface area contributed by atoms with E-state index in [1.54, 1.807) is 14.2 Å². The summed E-state index contributed by atoms with van der Waals surface area (Å²) in [5, 5.41) is 0. The molecular formula is C22H26O2. The van der Waals surface area contributed by atoms with E-state index in [9.17, 15) is 0 Å². The molecule has 0 fully saturated rings. The molecule has 2 aromatic carbocycles. The van der Waals surface area contributed by atoms with Crippen LogP contribution in [0.15, 0.2) is 36.4 Å². The summed E-state index contributed by atoms with van der Waals surface area (Å²) in [7, 11) is 3.51. The second-order valence-corrected chi connectivity index (χ2v) is 6.51. The summed E-state index contributed by atoms with van der Waals surface area (Å²) < 4.78 is 11.1. The molecule has 3 rings (SSSR count). The number of allylic oxidation sites excluding steroid dienone is 2. The Balaban J connectivity index is 2.14. The lowest BCUT2D eigenvalue weighted by Crippen LogP contribution is -1.99. The van der Waals surface area contributed by atoms with Gasteiger partial charge in [0.05, 0.1) is 14.2 Å². The van der Waals surface area contributed by atoms with E-state index >= 15 is 0 Å². The number of hydrogen-bond donors (Lipinski definition) is 0. The van der Waals surface area contributed by atoms with Crippen LogP contribution in [0.5, 0.6) is 11.5 Å². The molecule has 0 amide bonds. The van der Waals surface area contributed by atoms with Crippen molar-refractivity contribution in [2.75, 3.05) is 14.2 Å². The number of methoxy groups -OCH3 is 2. The SMILES string of the molecule is COc1ccc2cc1CCCCc1cc(ccc1OC)/C(C)=C\2C. The van der Waals surface area contributed by atoms with Crippen LogP contribution in [0.3, 0.4) is 0 Å². The largest absolute Gasteiger partial charge is 0.496 e. The molecule has 0 atom stereocenters. The smallest absolute Gasteiger partial charge is 0.122 e. The minimum absolute atomic E-state index is 0.998. The van der Waals surface area contributed by atoms with Crippen molar-refractivity contribution in [2.24, 2.45) is 0 Å². The van der Waals surface area contributed by atoms with Gasteiger partial charge in [0, 0.05) is 0 Å². The normalized spacial score (nSPS) is 17.7. The number of hydrogen-bond acceptors (Lipinski definition) is 2. The molecule has 24 heavy (non-hydrogen) atoms. The number of fused-ring (bicyclic) bond motifs is 4. The van der Waals surface area contributed by atoms with Crippen molar-refractivity contribution in [2.45, 2.75) is 39.5 Å². The maximum atomic E-state index is 5.55. The summed E-state index contributed by atoms with van der Waals surface area (Å²) in [6.07, 6.45) is 4.39. The zero-order chi connectivity index (χ0) is 17.1. The van der Waals surface area contributed by atoms with Gasteiger partial charge < -0.3 is 9.47 Å². The molecule has 2 nitrogen and oxygen atoms in total. The highest BCUT2D eigenvalue weighted by molar-refractivity contribution is 5.89. The van der Waals surface area contributed by atoms with Crippen molar-refractivity contribution in [3.05, 3.63) is 58.7 Å². The first kappa shape index (κ1) is 16.6. The van der Waals surface area contributed by atoms with Crippen molar-refractivity contribution in [1.29, 1.82) is 0 Å². The van der Waals surface area contributed by atoms with Gasteiger partial charge in [0.15, 0.2) is 0 Å². The summed E-state index contributed by atoms with van der Waals surface area (Å²) >= 11 is 0. The van der Waals surface area contributed by atoms with Crippen molar-refractivity contribution in [3.63, 3.8) is 0 Å². The van der Waals surface area contributed by atoms with E-state index in [0.717, 1.165) is 37.2 Å². The fraction of sp³-hybridized carbons (Fsp3) is 0.364. The Hall–Kier alpha value is -2.22. The van der Waals surface area contributed by atoms with Gasteiger partial charge in [-0.3, -0.25) is 0 Å². The van der Waals surface area contributed by atoms with Crippen LogP contribution in [0, 0.1) is 0 Å². The number of aryl methyl sites for hydroxylation is 2. The molecule has 0 unspecified atom stereocenters. The molecule has 126 valence electrons. The standard InChI is InChI=1S/C22H26O2/c1-15-16(2)18-10-12-22(24-4)20(14-18)8-6-5-7-19-13-17(15)9-11-21(19)23-3/h9-14H,5-8H2,1-4H3/b16-15-. The minimum atomic E-state index is 0.998. The van der Waals surface area contributed by atoms with Crippen LogP contribution in [0.25, 0.3) is 11.1 Å². The molecular weight excluding hydrogens is 296 g/mol. The van der Waals surface area contributed by atoms with Crippen LogP contribution >= 0.6 is 0 Å². The lowest BCUT2D eigenvalue weighted by atomic mass is 9.91. The van der Waals surface area contributed by atoms with Crippen LogP contribution in [0.2, 0.25) is 0 Å². The number of ether oxygens (including phenoxy) is 2. The van der Waals surface area contributed by atoms with Crippen LogP contribution in [0.1, 0.15) is 48.9 Å². The molecule has 0 aromatic heterocycles. The zero-order valence-corrected chi connectivity index (χ0v) is 15.1. The van der Waals surface area contributed by atoms with Crippen molar-refractivity contribution in [1.82, 2.24) is 0 Å². The third-order valence-corrected chi connectivity index (χ3v) is 5.13. The summed E-state index contributed by atoms with van der Waals surface area (Å²) in [6, 6.07) is 13.1. The van der Waals surface area contributed by atoms with Gasteiger partial charge >= 0.3 is 0 Å². The van der Waals surface area contributed by atoms with Crippen molar-refractivity contribution >= 4 is 11.1 Å². The van der Waals surface area contributed by atoms with E-state index in [1.807, 2.05) is 0 Å². The molecule has 2 aromatic rings. The van der Waals surface area contributed by atoms with E-state index in [1.165, 1.54) is 33.4 Å². The first-order valence-electron chi connectivity index (χ1n) is 8.66. The van der Waals surface area contributed by atoms with Gasteiger partial charge in [0.1, 0.15) is 11.5 Å². The summed E-state index contributed by atoms with van der Waals surface area (Å²) in [5.74, 6) is 2.00. The first-order chi connectivity index (χ1) is 11.6. The van der Waals surface area contributed by atoms with E-state index in [4.69, 9.17) is 9.47 Å². The monoisotopic (exact) mass is 322 g/mol. The fourth-order valence-electron chi connectivity index (χ4n) is 3.48. The van der Waals surface area contributed by atoms with E-state index < -0.39 is 0 Å². The predicted molar refractivity (Wildman–Crippen MR) is 101 cm³/mol. The highest BCUT2D eigenvalue weighted by Gasteiger charge is 2.12. The van der Waals surface area contributed by atoms with Gasteiger partial charge in [0.2, 0.25) is 0 Å². The molecule has 0 spiro atoms. The summed E-state index contributed by atoms with van der Waals surface area (Å²) in [5.41, 5.74) is 7.80. The Labute approximate surface area is 145 Å². The van der Waals surface area contributed by atoms with Gasteiger partial charge in [-0.05, 0) is 97.2 Å². The third kappa shape index (κ3) is 3.19. The molecule has 1 aliphatic rings. The molecule has 2 heteroatoms. The maximum Gasteiger partial charge on any atom is 0.122 e. The lowest BCUT2D eigenvalue weighted by molar-refractivity contribution is 0.407. The Morgan fingerprint density at radius 2 is 1.08 bits per heavy atom. The molecule has 0 N–H and O–H groups in total. The van der Waals surface area contributed by atoms with Gasteiger partial charge in [-0.25, -0.2) is 0 Å². The van der Waals surface area contributed by atoms with Gasteiger partial charge in [-0.2, -0.15) is 0 Å². The molecule has 0 saturated carbocycles. The lowest BCUT2D eigenvalue weighted by Gasteiger charge is -2.17. The number of benzene rings is 2. The Morgan fingerprint density at radius 3 is 1.46 bits per heavy atom. The van der Waals surface area contributed by atoms with E-state index in [0.29, 0.717) is 0 Å². The van der Waals surface area contributed by atoms with E-state index in [-0.39, 0.29) is 0 Å². The zero-order valence-electron chi connectivity index (χ0n) is 15.1. The third-order valence-electron chi connectivity index (χ3n) is 5.13. The molecule has 1 aliphatic carbocycles. The molecule has 0 saturated heterocycles. The number of rotatable bonds is 2. The fourth-order valence-corrected chi connectivity index (χ4v) is 3.48. The second-order valence-electron chi connectivity index (χ2n) is 6.51.